The highest BCUT2D eigenvalue weighted by atomic mass is 16.5. The molecule has 6 nitrogen and oxygen atoms in total. The van der Waals surface area contributed by atoms with Crippen molar-refractivity contribution in [3.8, 4) is 0 Å². The maximum Gasteiger partial charge on any atom is 0.339 e. The van der Waals surface area contributed by atoms with Crippen LogP contribution in [0.2, 0.25) is 0 Å². The summed E-state index contributed by atoms with van der Waals surface area (Å²) in [5.74, 6) is -0.871. The number of ether oxygens (including phenoxy) is 1. The average molecular weight is 312 g/mol. The molecule has 0 unspecified atom stereocenters. The van der Waals surface area contributed by atoms with Crippen molar-refractivity contribution < 1.29 is 19.1 Å². The lowest BCUT2D eigenvalue weighted by molar-refractivity contribution is -0.605. The maximum atomic E-state index is 12.3. The molecule has 0 N–H and O–H groups in total. The van der Waals surface area contributed by atoms with Gasteiger partial charge in [0.15, 0.2) is 19.0 Å². The van der Waals surface area contributed by atoms with Gasteiger partial charge in [0, 0.05) is 24.4 Å². The first-order chi connectivity index (χ1) is 11.1. The molecular formula is C17H16N2O4. The summed E-state index contributed by atoms with van der Waals surface area (Å²) >= 11 is 0. The summed E-state index contributed by atoms with van der Waals surface area (Å²) < 4.78 is 5.63. The van der Waals surface area contributed by atoms with Gasteiger partial charge < -0.3 is 14.8 Å². The zero-order chi connectivity index (χ0) is 16.2. The minimum absolute atomic E-state index is 0.240. The number of fused-ring (bicyclic) bond motifs is 1. The quantitative estimate of drug-likeness (QED) is 0.488. The van der Waals surface area contributed by atoms with Crippen LogP contribution in [0.25, 0.3) is 0 Å². The van der Waals surface area contributed by atoms with Crippen LogP contribution in [0.15, 0.2) is 48.8 Å². The number of benzene rings is 1. The molecule has 0 saturated heterocycles. The summed E-state index contributed by atoms with van der Waals surface area (Å²) in [4.78, 5) is 25.9. The SMILES string of the molecule is O=C(OCC(=O)N1CCCc2ccccc21)c1cc[n+]([O-])cc1. The number of hydrogen-bond donors (Lipinski definition) is 0. The molecule has 2 heterocycles. The minimum Gasteiger partial charge on any atom is -0.619 e. The molecule has 118 valence electrons. The van der Waals surface area contributed by atoms with E-state index in [0.717, 1.165) is 24.1 Å². The second kappa shape index (κ2) is 6.48. The van der Waals surface area contributed by atoms with E-state index in [2.05, 4.69) is 0 Å². The van der Waals surface area contributed by atoms with E-state index in [4.69, 9.17) is 4.74 Å². The first-order valence-corrected chi connectivity index (χ1v) is 7.39. The number of nitrogens with zero attached hydrogens (tertiary/aromatic N) is 2. The Kier molecular flexibility index (Phi) is 4.23. The van der Waals surface area contributed by atoms with E-state index in [9.17, 15) is 14.8 Å². The predicted octanol–water partition coefficient (Wildman–Crippen LogP) is 1.46. The summed E-state index contributed by atoms with van der Waals surface area (Å²) in [7, 11) is 0. The van der Waals surface area contributed by atoms with Gasteiger partial charge in [0.2, 0.25) is 0 Å². The second-order valence-electron chi connectivity index (χ2n) is 5.30. The number of anilines is 1. The lowest BCUT2D eigenvalue weighted by Gasteiger charge is -2.29. The van der Waals surface area contributed by atoms with Crippen molar-refractivity contribution in [3.05, 3.63) is 65.1 Å². The number of carbonyl (C=O) groups excluding carboxylic acids is 2. The lowest BCUT2D eigenvalue weighted by Crippen LogP contribution is -2.38. The molecular weight excluding hydrogens is 296 g/mol. The van der Waals surface area contributed by atoms with Crippen LogP contribution in [-0.2, 0) is 16.0 Å². The molecule has 1 aromatic heterocycles. The number of para-hydroxylation sites is 1. The van der Waals surface area contributed by atoms with Crippen molar-refractivity contribution in [1.82, 2.24) is 0 Å². The van der Waals surface area contributed by atoms with Gasteiger partial charge in [-0.1, -0.05) is 18.2 Å². The Morgan fingerprint density at radius 3 is 2.70 bits per heavy atom. The van der Waals surface area contributed by atoms with Gasteiger partial charge in [0.1, 0.15) is 0 Å². The van der Waals surface area contributed by atoms with Crippen LogP contribution in [-0.4, -0.2) is 25.0 Å². The van der Waals surface area contributed by atoms with Gasteiger partial charge in [-0.15, -0.1) is 0 Å². The Morgan fingerprint density at radius 2 is 1.91 bits per heavy atom. The molecule has 1 aliphatic rings. The summed E-state index contributed by atoms with van der Waals surface area (Å²) in [6.45, 7) is 0.300. The fourth-order valence-corrected chi connectivity index (χ4v) is 2.63. The summed E-state index contributed by atoms with van der Waals surface area (Å²) in [5.41, 5.74) is 2.25. The van der Waals surface area contributed by atoms with E-state index >= 15 is 0 Å². The Bertz CT molecular complexity index is 728. The fourth-order valence-electron chi connectivity index (χ4n) is 2.63. The number of hydrogen-bond acceptors (Lipinski definition) is 4. The molecule has 0 saturated carbocycles. The highest BCUT2D eigenvalue weighted by Gasteiger charge is 2.23. The van der Waals surface area contributed by atoms with Crippen molar-refractivity contribution in [2.75, 3.05) is 18.1 Å². The molecule has 0 spiro atoms. The Labute approximate surface area is 133 Å². The molecule has 0 fully saturated rings. The molecule has 1 aromatic carbocycles. The van der Waals surface area contributed by atoms with Gasteiger partial charge in [-0.25, -0.2) is 4.79 Å². The van der Waals surface area contributed by atoms with Gasteiger partial charge in [-0.3, -0.25) is 4.79 Å². The monoisotopic (exact) mass is 312 g/mol. The van der Waals surface area contributed by atoms with Gasteiger partial charge in [0.25, 0.3) is 5.91 Å². The lowest BCUT2D eigenvalue weighted by atomic mass is 10.0. The van der Waals surface area contributed by atoms with Crippen LogP contribution in [0.5, 0.6) is 0 Å². The highest BCUT2D eigenvalue weighted by molar-refractivity contribution is 5.97. The molecule has 0 aliphatic carbocycles. The second-order valence-corrected chi connectivity index (χ2v) is 5.30. The third-order valence-electron chi connectivity index (χ3n) is 3.78. The van der Waals surface area contributed by atoms with Gasteiger partial charge in [-0.05, 0) is 24.5 Å². The van der Waals surface area contributed by atoms with Crippen LogP contribution in [0.3, 0.4) is 0 Å². The Balaban J connectivity index is 1.64. The Hall–Kier alpha value is -2.89. The third-order valence-corrected chi connectivity index (χ3v) is 3.78. The molecule has 0 radical (unpaired) electrons. The first-order valence-electron chi connectivity index (χ1n) is 7.39. The predicted molar refractivity (Wildman–Crippen MR) is 82.8 cm³/mol. The van der Waals surface area contributed by atoms with Gasteiger partial charge >= 0.3 is 5.97 Å². The average Bonchev–Trinajstić information content (AvgIpc) is 2.59. The number of esters is 1. The van der Waals surface area contributed by atoms with Crippen molar-refractivity contribution >= 4 is 17.6 Å². The van der Waals surface area contributed by atoms with E-state index in [1.165, 1.54) is 24.5 Å². The van der Waals surface area contributed by atoms with E-state index in [-0.39, 0.29) is 18.1 Å². The standard InChI is InChI=1S/C17H16N2O4/c20-16(12-23-17(21)14-7-10-18(22)11-8-14)19-9-3-5-13-4-1-2-6-15(13)19/h1-2,4,6-8,10-11H,3,5,9,12H2. The number of pyridine rings is 1. The highest BCUT2D eigenvalue weighted by Crippen LogP contribution is 2.26. The van der Waals surface area contributed by atoms with Gasteiger partial charge in [-0.2, -0.15) is 4.73 Å². The van der Waals surface area contributed by atoms with Crippen LogP contribution >= 0.6 is 0 Å². The summed E-state index contributed by atoms with van der Waals surface area (Å²) in [6, 6.07) is 10.5. The molecule has 1 aliphatic heterocycles. The molecule has 23 heavy (non-hydrogen) atoms. The van der Waals surface area contributed by atoms with E-state index < -0.39 is 5.97 Å². The molecule has 6 heteroatoms. The number of aryl methyl sites for hydroxylation is 1. The molecule has 1 amide bonds. The smallest absolute Gasteiger partial charge is 0.339 e. The molecule has 3 rings (SSSR count). The normalized spacial score (nSPS) is 13.3. The topological polar surface area (TPSA) is 73.6 Å². The van der Waals surface area contributed by atoms with Crippen LogP contribution in [0, 0.1) is 5.21 Å². The van der Waals surface area contributed by atoms with E-state index in [1.807, 2.05) is 24.3 Å². The van der Waals surface area contributed by atoms with Crippen LogP contribution < -0.4 is 9.63 Å². The van der Waals surface area contributed by atoms with Crippen molar-refractivity contribution in [1.29, 1.82) is 0 Å². The van der Waals surface area contributed by atoms with E-state index in [1.54, 1.807) is 4.90 Å². The molecule has 0 bridgehead atoms. The minimum atomic E-state index is -0.621. The van der Waals surface area contributed by atoms with Crippen molar-refractivity contribution in [3.63, 3.8) is 0 Å². The van der Waals surface area contributed by atoms with Crippen molar-refractivity contribution in [2.24, 2.45) is 0 Å². The zero-order valence-electron chi connectivity index (χ0n) is 12.5. The Morgan fingerprint density at radius 1 is 1.17 bits per heavy atom. The fraction of sp³-hybridized carbons (Fsp3) is 0.235. The van der Waals surface area contributed by atoms with E-state index in [0.29, 0.717) is 11.3 Å². The first kappa shape index (κ1) is 15.0. The number of amides is 1. The molecule has 0 atom stereocenters. The maximum absolute atomic E-state index is 12.3. The van der Waals surface area contributed by atoms with Gasteiger partial charge in [0.05, 0.1) is 5.56 Å². The van der Waals surface area contributed by atoms with Crippen LogP contribution in [0.1, 0.15) is 22.3 Å². The molecule has 2 aromatic rings. The largest absolute Gasteiger partial charge is 0.619 e. The number of carbonyl (C=O) groups is 2. The summed E-state index contributed by atoms with van der Waals surface area (Å²) in [6.07, 6.45) is 4.25. The summed E-state index contributed by atoms with van der Waals surface area (Å²) in [5, 5.41) is 10.9. The third kappa shape index (κ3) is 3.31. The number of aromatic nitrogens is 1. The van der Waals surface area contributed by atoms with Crippen LogP contribution in [0.4, 0.5) is 5.69 Å². The number of rotatable bonds is 3. The zero-order valence-corrected chi connectivity index (χ0v) is 12.5. The van der Waals surface area contributed by atoms with Crippen molar-refractivity contribution in [2.45, 2.75) is 12.8 Å².